The summed E-state index contributed by atoms with van der Waals surface area (Å²) in [6, 6.07) is 2.10. The molecule has 2 heterocycles. The summed E-state index contributed by atoms with van der Waals surface area (Å²) < 4.78 is 5.77. The van der Waals surface area contributed by atoms with E-state index >= 15 is 0 Å². The van der Waals surface area contributed by atoms with Crippen LogP contribution in [-0.2, 0) is 0 Å². The second kappa shape index (κ2) is 6.40. The van der Waals surface area contributed by atoms with Crippen molar-refractivity contribution in [2.24, 2.45) is 11.8 Å². The number of aromatic nitrogens is 1. The van der Waals surface area contributed by atoms with Gasteiger partial charge in [0.25, 0.3) is 0 Å². The Morgan fingerprint density at radius 3 is 2.80 bits per heavy atom. The van der Waals surface area contributed by atoms with Crippen molar-refractivity contribution in [3.05, 3.63) is 30.1 Å². The normalized spacial score (nSPS) is 21.4. The summed E-state index contributed by atoms with van der Waals surface area (Å²) in [6.07, 6.45) is 13.4. The van der Waals surface area contributed by atoms with Gasteiger partial charge in [-0.3, -0.25) is 4.98 Å². The van der Waals surface area contributed by atoms with E-state index in [0.717, 1.165) is 23.8 Å². The molecule has 3 heteroatoms. The molecule has 1 aromatic heterocycles. The third-order valence-corrected chi connectivity index (χ3v) is 4.24. The van der Waals surface area contributed by atoms with Gasteiger partial charge in [0, 0.05) is 6.20 Å². The van der Waals surface area contributed by atoms with Gasteiger partial charge in [0.05, 0.1) is 12.8 Å². The number of nitrogens with zero attached hydrogens (tertiary/aromatic N) is 2. The Balaban J connectivity index is 1.54. The van der Waals surface area contributed by atoms with Crippen LogP contribution in [0.1, 0.15) is 31.2 Å². The maximum atomic E-state index is 5.77. The predicted molar refractivity (Wildman–Crippen MR) is 81.7 cm³/mol. The number of hydrogen-bond acceptors (Lipinski definition) is 3. The molecule has 1 aromatic rings. The molecule has 0 N–H and O–H groups in total. The van der Waals surface area contributed by atoms with E-state index in [-0.39, 0.29) is 0 Å². The molecule has 0 unspecified atom stereocenters. The molecule has 3 nitrogen and oxygen atoms in total. The topological polar surface area (TPSA) is 25.4 Å². The van der Waals surface area contributed by atoms with E-state index < -0.39 is 0 Å². The number of pyridine rings is 1. The summed E-state index contributed by atoms with van der Waals surface area (Å²) in [7, 11) is 2.20. The molecule has 0 amide bonds. The molecular weight excluding hydrogens is 248 g/mol. The molecule has 1 aliphatic carbocycles. The summed E-state index contributed by atoms with van der Waals surface area (Å²) in [4.78, 5) is 6.68. The zero-order chi connectivity index (χ0) is 13.8. The predicted octanol–water partition coefficient (Wildman–Crippen LogP) is 3.23. The van der Waals surface area contributed by atoms with Gasteiger partial charge in [-0.1, -0.05) is 12.2 Å². The van der Waals surface area contributed by atoms with E-state index in [1.807, 2.05) is 12.4 Å². The van der Waals surface area contributed by atoms with Crippen molar-refractivity contribution in [2.75, 3.05) is 26.7 Å². The minimum atomic E-state index is 0.710. The van der Waals surface area contributed by atoms with Crippen LogP contribution in [-0.4, -0.2) is 36.6 Å². The van der Waals surface area contributed by atoms with Crippen molar-refractivity contribution in [1.29, 1.82) is 0 Å². The van der Waals surface area contributed by atoms with Crippen LogP contribution in [0.2, 0.25) is 0 Å². The average Bonchev–Trinajstić information content (AvgIpc) is 3.29. The summed E-state index contributed by atoms with van der Waals surface area (Å²) in [5, 5.41) is 0. The molecule has 2 aliphatic rings. The minimum Gasteiger partial charge on any atom is -0.492 e. The first-order valence-corrected chi connectivity index (χ1v) is 7.74. The van der Waals surface area contributed by atoms with Gasteiger partial charge in [0.15, 0.2) is 0 Å². The number of rotatable bonds is 5. The molecule has 0 spiro atoms. The smallest absolute Gasteiger partial charge is 0.138 e. The van der Waals surface area contributed by atoms with Gasteiger partial charge in [-0.05, 0) is 69.3 Å². The first-order chi connectivity index (χ1) is 9.79. The molecule has 1 saturated carbocycles. The average molecular weight is 272 g/mol. The maximum absolute atomic E-state index is 5.77. The lowest BCUT2D eigenvalue weighted by atomic mass is 9.96. The van der Waals surface area contributed by atoms with Gasteiger partial charge < -0.3 is 9.64 Å². The Labute approximate surface area is 121 Å². The molecule has 1 aliphatic heterocycles. The van der Waals surface area contributed by atoms with E-state index in [2.05, 4.69) is 35.1 Å². The van der Waals surface area contributed by atoms with Crippen molar-refractivity contribution in [1.82, 2.24) is 9.88 Å². The van der Waals surface area contributed by atoms with Crippen molar-refractivity contribution >= 4 is 6.08 Å². The van der Waals surface area contributed by atoms with Crippen molar-refractivity contribution in [2.45, 2.75) is 25.7 Å². The standard InChI is InChI=1S/C17H24N2O/c1-19-8-6-14(7-9-19)2-5-16-10-17(12-18-11-16)20-13-15-3-4-15/h2,5,10-12,14-15H,3-4,6-9,13H2,1H3/b5-2+. The molecule has 108 valence electrons. The third kappa shape index (κ3) is 4.07. The molecule has 2 fully saturated rings. The van der Waals surface area contributed by atoms with Gasteiger partial charge in [-0.2, -0.15) is 0 Å². The molecule has 1 saturated heterocycles. The molecule has 0 radical (unpaired) electrons. The van der Waals surface area contributed by atoms with Gasteiger partial charge in [0.2, 0.25) is 0 Å². The lowest BCUT2D eigenvalue weighted by Gasteiger charge is -2.26. The highest BCUT2D eigenvalue weighted by molar-refractivity contribution is 5.50. The van der Waals surface area contributed by atoms with Gasteiger partial charge in [0.1, 0.15) is 5.75 Å². The van der Waals surface area contributed by atoms with Crippen molar-refractivity contribution in [3.63, 3.8) is 0 Å². The van der Waals surface area contributed by atoms with E-state index in [1.54, 1.807) is 0 Å². The van der Waals surface area contributed by atoms with Crippen LogP contribution in [0.15, 0.2) is 24.5 Å². The SMILES string of the molecule is CN1CCC(/C=C/c2cncc(OCC3CC3)c2)CC1. The minimum absolute atomic E-state index is 0.710. The number of likely N-dealkylation sites (tertiary alicyclic amines) is 1. The van der Waals surface area contributed by atoms with Crippen molar-refractivity contribution < 1.29 is 4.74 Å². The number of hydrogen-bond donors (Lipinski definition) is 0. The third-order valence-electron chi connectivity index (χ3n) is 4.24. The lowest BCUT2D eigenvalue weighted by molar-refractivity contribution is 0.244. The molecule has 3 rings (SSSR count). The number of allylic oxidation sites excluding steroid dienone is 1. The van der Waals surface area contributed by atoms with Crippen LogP contribution in [0.5, 0.6) is 5.75 Å². The fourth-order valence-electron chi connectivity index (χ4n) is 2.57. The van der Waals surface area contributed by atoms with Crippen LogP contribution in [0.4, 0.5) is 0 Å². The van der Waals surface area contributed by atoms with Gasteiger partial charge in [-0.15, -0.1) is 0 Å². The first-order valence-electron chi connectivity index (χ1n) is 7.74. The quantitative estimate of drug-likeness (QED) is 0.823. The Morgan fingerprint density at radius 1 is 1.25 bits per heavy atom. The zero-order valence-electron chi connectivity index (χ0n) is 12.3. The lowest BCUT2D eigenvalue weighted by Crippen LogP contribution is -2.29. The molecular formula is C17H24N2O. The highest BCUT2D eigenvalue weighted by Crippen LogP contribution is 2.29. The molecule has 0 bridgehead atoms. The molecule has 0 atom stereocenters. The fourth-order valence-corrected chi connectivity index (χ4v) is 2.57. The van der Waals surface area contributed by atoms with E-state index in [9.17, 15) is 0 Å². The van der Waals surface area contributed by atoms with E-state index in [0.29, 0.717) is 5.92 Å². The van der Waals surface area contributed by atoms with Crippen LogP contribution >= 0.6 is 0 Å². The fraction of sp³-hybridized carbons (Fsp3) is 0.588. The van der Waals surface area contributed by atoms with Crippen LogP contribution < -0.4 is 4.74 Å². The first kappa shape index (κ1) is 13.6. The Bertz CT molecular complexity index is 460. The highest BCUT2D eigenvalue weighted by Gasteiger charge is 2.21. The number of piperidine rings is 1. The number of ether oxygens (including phenoxy) is 1. The van der Waals surface area contributed by atoms with Crippen LogP contribution in [0, 0.1) is 11.8 Å². The van der Waals surface area contributed by atoms with Crippen molar-refractivity contribution in [3.8, 4) is 5.75 Å². The van der Waals surface area contributed by atoms with Crippen LogP contribution in [0.3, 0.4) is 0 Å². The maximum Gasteiger partial charge on any atom is 0.138 e. The van der Waals surface area contributed by atoms with E-state index in [4.69, 9.17) is 4.74 Å². The largest absolute Gasteiger partial charge is 0.492 e. The Kier molecular flexibility index (Phi) is 4.36. The Morgan fingerprint density at radius 2 is 2.05 bits per heavy atom. The van der Waals surface area contributed by atoms with E-state index in [1.165, 1.54) is 38.8 Å². The Hall–Kier alpha value is -1.35. The summed E-state index contributed by atoms with van der Waals surface area (Å²) in [6.45, 7) is 3.26. The second-order valence-electron chi connectivity index (χ2n) is 6.21. The zero-order valence-corrected chi connectivity index (χ0v) is 12.3. The summed E-state index contributed by atoms with van der Waals surface area (Å²) in [5.41, 5.74) is 1.15. The molecule has 20 heavy (non-hydrogen) atoms. The van der Waals surface area contributed by atoms with Gasteiger partial charge in [-0.25, -0.2) is 0 Å². The van der Waals surface area contributed by atoms with Gasteiger partial charge >= 0.3 is 0 Å². The molecule has 0 aromatic carbocycles. The highest BCUT2D eigenvalue weighted by atomic mass is 16.5. The monoisotopic (exact) mass is 272 g/mol. The van der Waals surface area contributed by atoms with Crippen LogP contribution in [0.25, 0.3) is 6.08 Å². The second-order valence-corrected chi connectivity index (χ2v) is 6.21. The summed E-state index contributed by atoms with van der Waals surface area (Å²) in [5.74, 6) is 2.40. The summed E-state index contributed by atoms with van der Waals surface area (Å²) >= 11 is 0.